The number of aliphatic hydroxyl groups is 10. The second-order valence-electron chi connectivity index (χ2n) is 31.7. The van der Waals surface area contributed by atoms with Crippen molar-refractivity contribution in [2.45, 2.75) is 207 Å². The summed E-state index contributed by atoms with van der Waals surface area (Å²) >= 11 is 12.2. The molecule has 2 aromatic heterocycles. The minimum Gasteiger partial charge on any atom is -0.492 e. The molecule has 8 aliphatic rings. The van der Waals surface area contributed by atoms with Gasteiger partial charge in [0.15, 0.2) is 24.1 Å². The molecule has 3 aliphatic carbocycles. The van der Waals surface area contributed by atoms with Crippen LogP contribution in [0.25, 0.3) is 39.0 Å². The summed E-state index contributed by atoms with van der Waals surface area (Å²) in [5, 5.41) is 128. The van der Waals surface area contributed by atoms with Crippen molar-refractivity contribution in [2.24, 2.45) is 39.6 Å². The number of carbonyl (C=O) groups excluding carboxylic acids is 2. The molecule has 125 heavy (non-hydrogen) atoms. The Kier molecular flexibility index (Phi) is 36.5. The Labute approximate surface area is 731 Å². The summed E-state index contributed by atoms with van der Waals surface area (Å²) in [6.07, 6.45) is -8.32. The zero-order valence-electron chi connectivity index (χ0n) is 70.1. The zero-order chi connectivity index (χ0) is 90.6. The number of amides is 2. The Bertz CT molecular complexity index is 4880. The van der Waals surface area contributed by atoms with Gasteiger partial charge in [0.2, 0.25) is 11.3 Å². The number of anilines is 3. The molecule has 2 amide bonds. The average Bonchev–Trinajstić information content (AvgIpc) is 1.74. The largest absolute Gasteiger partial charge is 0.492 e. The number of nitrogens with one attached hydrogen (secondary N) is 5. The molecule has 6 fully saturated rings. The summed E-state index contributed by atoms with van der Waals surface area (Å²) in [6, 6.07) is 26.5. The van der Waals surface area contributed by atoms with Gasteiger partial charge in [0, 0.05) is 109 Å². The number of benzene rings is 5. The fourth-order valence-corrected chi connectivity index (χ4v) is 15.8. The molecule has 5 aliphatic heterocycles. The first kappa shape index (κ1) is 98.4. The lowest BCUT2D eigenvalue weighted by Gasteiger charge is -2.49. The van der Waals surface area contributed by atoms with Gasteiger partial charge in [-0.15, -0.1) is 0 Å². The van der Waals surface area contributed by atoms with Gasteiger partial charge in [-0.3, -0.25) is 24.4 Å². The van der Waals surface area contributed by atoms with E-state index in [9.17, 15) is 65.1 Å². The number of hydrogen-bond donors (Lipinski definition) is 21. The SMILES string of the molecule is CC(C)N=c1cc2n(-c3ccc(Cl)cc3)c3ccccc3nc-2cc1Nc1ccc(Cl)cc1.CC[C@@H](CO)NCCN[C@@H](CC)CO.COc1c(N2C[C@@H]3CCCN[C@@H]3C2)c(F)cc2c(=O)c(C(=O)O)cn(C3CC3)c12.NC(=O)c1cnccn1.NCC[C@H](O)C(=O)N[C@@H]1C[C@H](N)[C@@H](O[C@H]2O[C@H](CN)[C@@H](O)[C@H](O)[C@H]2O)[C@H](O)[C@H]1O[C@H]1O[C@H](CO)[C@@H](O)[C@H](N)[C@H]1O. The van der Waals surface area contributed by atoms with E-state index >= 15 is 4.39 Å². The lowest BCUT2D eigenvalue weighted by Crippen LogP contribution is -2.69. The molecule has 20 atom stereocenters. The van der Waals surface area contributed by atoms with Crippen molar-refractivity contribution >= 4 is 80.0 Å². The number of carboxylic acid groups (broad SMARTS) is 1. The third-order valence-corrected chi connectivity index (χ3v) is 23.0. The Balaban J connectivity index is 0.000000175. The summed E-state index contributed by atoms with van der Waals surface area (Å²) in [7, 11) is 1.48. The number of carboxylic acids is 1. The summed E-state index contributed by atoms with van der Waals surface area (Å²) < 4.78 is 47.5. The molecule has 14 rings (SSSR count). The number of rotatable bonds is 28. The number of methoxy groups -OCH3 is 1. The van der Waals surface area contributed by atoms with Crippen molar-refractivity contribution in [1.29, 1.82) is 0 Å². The Morgan fingerprint density at radius 1 is 0.792 bits per heavy atom. The highest BCUT2D eigenvalue weighted by atomic mass is 35.5. The number of hydrogen-bond acceptors (Lipinski definition) is 32. The van der Waals surface area contributed by atoms with E-state index in [0.717, 1.165) is 110 Å². The van der Waals surface area contributed by atoms with Crippen LogP contribution in [0.4, 0.5) is 21.5 Å². The number of nitrogens with two attached hydrogens (primary N) is 5. The Hall–Kier alpha value is -8.73. The van der Waals surface area contributed by atoms with Crippen LogP contribution < -0.4 is 75.7 Å². The molecule has 2 saturated carbocycles. The molecule has 4 saturated heterocycles. The Morgan fingerprint density at radius 3 is 2.02 bits per heavy atom. The number of para-hydroxylation sites is 2. The van der Waals surface area contributed by atoms with Crippen molar-refractivity contribution in [3.05, 3.63) is 158 Å². The lowest BCUT2D eigenvalue weighted by atomic mass is 9.83. The van der Waals surface area contributed by atoms with Crippen molar-refractivity contribution in [2.75, 3.05) is 83.0 Å². The van der Waals surface area contributed by atoms with Gasteiger partial charge in [0.1, 0.15) is 84.1 Å². The molecule has 6 aromatic rings. The number of halogens is 3. The predicted molar refractivity (Wildman–Crippen MR) is 465 cm³/mol. The van der Waals surface area contributed by atoms with Crippen LogP contribution in [0.2, 0.25) is 10.0 Å². The van der Waals surface area contributed by atoms with Gasteiger partial charge in [-0.2, -0.15) is 0 Å². The van der Waals surface area contributed by atoms with Gasteiger partial charge in [-0.1, -0.05) is 49.2 Å². The summed E-state index contributed by atoms with van der Waals surface area (Å²) in [5.41, 5.74) is 34.6. The maximum absolute atomic E-state index is 15.3. The van der Waals surface area contributed by atoms with E-state index in [1.54, 1.807) is 4.57 Å². The number of aromatic nitrogens is 5. The molecule has 0 bridgehead atoms. The zero-order valence-corrected chi connectivity index (χ0v) is 71.7. The summed E-state index contributed by atoms with van der Waals surface area (Å²) in [6.45, 7) is 11.8. The van der Waals surface area contributed by atoms with E-state index in [-0.39, 0.29) is 80.0 Å². The third kappa shape index (κ3) is 24.8. The highest BCUT2D eigenvalue weighted by molar-refractivity contribution is 6.31. The molecule has 684 valence electrons. The number of pyridine rings is 1. The van der Waals surface area contributed by atoms with Crippen LogP contribution in [-0.2, 0) is 23.7 Å². The van der Waals surface area contributed by atoms with Crippen molar-refractivity contribution in [3.8, 4) is 22.8 Å². The molecule has 0 spiro atoms. The van der Waals surface area contributed by atoms with E-state index in [1.807, 2.05) is 85.5 Å². The molecule has 4 aromatic carbocycles. The second kappa shape index (κ2) is 46.3. The number of fused-ring (bicyclic) bond motifs is 4. The number of nitrogens with zero attached hydrogens (tertiary/aromatic N) is 7. The third-order valence-electron chi connectivity index (χ3n) is 22.5. The molecule has 37 nitrogen and oxygen atoms in total. The van der Waals surface area contributed by atoms with Crippen molar-refractivity contribution < 1.29 is 98.6 Å². The van der Waals surface area contributed by atoms with Crippen molar-refractivity contribution in [3.63, 3.8) is 0 Å². The van der Waals surface area contributed by atoms with Crippen LogP contribution in [-0.4, -0.2) is 293 Å². The van der Waals surface area contributed by atoms with Gasteiger partial charge in [-0.05, 0) is 163 Å². The highest BCUT2D eigenvalue weighted by Gasteiger charge is 2.53. The van der Waals surface area contributed by atoms with Gasteiger partial charge in [0.05, 0.1) is 89.6 Å². The first-order valence-corrected chi connectivity index (χ1v) is 42.6. The smallest absolute Gasteiger partial charge is 0.341 e. The van der Waals surface area contributed by atoms with E-state index in [4.69, 9.17) is 95.7 Å². The van der Waals surface area contributed by atoms with E-state index < -0.39 is 133 Å². The van der Waals surface area contributed by atoms with Crippen molar-refractivity contribution in [1.82, 2.24) is 45.4 Å². The maximum Gasteiger partial charge on any atom is 0.341 e. The summed E-state index contributed by atoms with van der Waals surface area (Å²) in [5.74, 6) is -2.46. The molecular formula is C85H118Cl2FN17O20. The van der Waals surface area contributed by atoms with E-state index in [2.05, 4.69) is 73.2 Å². The average molecular weight is 1790 g/mol. The van der Waals surface area contributed by atoms with Crippen LogP contribution in [0.3, 0.4) is 0 Å². The minimum atomic E-state index is -1.76. The van der Waals surface area contributed by atoms with Gasteiger partial charge in [0.25, 0.3) is 5.91 Å². The first-order valence-electron chi connectivity index (χ1n) is 41.8. The minimum absolute atomic E-state index is 0.0101. The second-order valence-corrected chi connectivity index (χ2v) is 32.6. The quantitative estimate of drug-likeness (QED) is 0.0237. The van der Waals surface area contributed by atoms with Crippen LogP contribution in [0.5, 0.6) is 5.75 Å². The van der Waals surface area contributed by atoms with Gasteiger partial charge in [-0.25, -0.2) is 19.2 Å². The van der Waals surface area contributed by atoms with E-state index in [0.29, 0.717) is 45.5 Å². The normalized spacial score (nSPS) is 26.2. The molecule has 0 radical (unpaired) electrons. The van der Waals surface area contributed by atoms with Crippen LogP contribution >= 0.6 is 23.2 Å². The van der Waals surface area contributed by atoms with Gasteiger partial charge < -0.3 is 149 Å². The van der Waals surface area contributed by atoms with Gasteiger partial charge >= 0.3 is 5.97 Å². The molecular weight excluding hydrogens is 1670 g/mol. The topological polar surface area (TPSA) is 591 Å². The number of aromatic carboxylic acids is 1. The van der Waals surface area contributed by atoms with Crippen LogP contribution in [0.1, 0.15) is 106 Å². The maximum atomic E-state index is 15.3. The number of piperidine rings is 1. The molecule has 0 unspecified atom stereocenters. The van der Waals surface area contributed by atoms with Crippen LogP contribution in [0.15, 0.2) is 126 Å². The summed E-state index contributed by atoms with van der Waals surface area (Å²) in [4.78, 5) is 66.4. The fourth-order valence-electron chi connectivity index (χ4n) is 15.6. The monoisotopic (exact) mass is 1790 g/mol. The van der Waals surface area contributed by atoms with Crippen LogP contribution in [0, 0.1) is 11.7 Å². The molecule has 26 N–H and O–H groups in total. The predicted octanol–water partition coefficient (Wildman–Crippen LogP) is 0.719. The van der Waals surface area contributed by atoms with E-state index in [1.165, 1.54) is 38.0 Å². The Morgan fingerprint density at radius 2 is 1.44 bits per heavy atom. The highest BCUT2D eigenvalue weighted by Crippen LogP contribution is 2.46. The molecule has 40 heteroatoms. The fraction of sp³-hybridized carbons (Fsp3) is 0.529. The first-order chi connectivity index (χ1) is 59.9. The lowest BCUT2D eigenvalue weighted by molar-refractivity contribution is -0.332. The number of aliphatic hydroxyl groups excluding tert-OH is 10. The standard InChI is InChI=1S/C27H22Cl2N4.C22H43N5O13.C21H24FN3O4.C10H24N2O2.C5H5N3O/c1-17(2)30-24-16-27-25(15-23(24)31-20-11-7-18(28)8-12-20)32-22-5-3-4-6-26(22)33(27)21-13-9-19(29)10-14-21;23-2-1-8(29)20(36)27-7-3-6(25)18(39-22-16(34)15(33)13(31)9(4-24)37-22)17(35)19(7)40-21-14(32)11(26)12(30)10(5-28)38-21;1-29-20-17-13(19(26)14(21(27)28)9-25(17)12-4-5-12)7-15(22)18(20)24-8-11-3-2-6-23-16(11)10-24;1-3-9(7-13)11-5-6-12-10(4-2)8-14;6-5(9)4-3-7-1-2-8-4/h3-17,31H,1-2H3;6-19,21-22,28-35H,1-5,23-26H2,(H,27,36);7,9,11-12,16,23H,2-6,8,10H2,1H3,(H,27,28);9-14H,3-8H2,1-2H3;1-3H,(H2,6,9)/t;6-,7+,8-,9+,10+,11-,12+,13+,14+,15-,16+,17-,18+,19-,21+,22+;11-,16+;9-,10-;/m.000./s1. The molecule has 7 heterocycles. The number of carbonyl (C=O) groups is 3. The number of primary amides is 1. The number of ether oxygens (including phenoxy) is 5.